The zero-order valence-electron chi connectivity index (χ0n) is 19.5. The number of carbonyl (C=O) groups excluding carboxylic acids is 1. The maximum absolute atomic E-state index is 14.2. The van der Waals surface area contributed by atoms with Crippen LogP contribution in [0.3, 0.4) is 0 Å². The molecule has 0 unspecified atom stereocenters. The SMILES string of the molecule is Cc1c(NCc2ccc(C(F)(F)F)cc2F)ncnc1C(=O)N1CCC(N2CCC(O)CC2)CC1. The fraction of sp³-hybridized carbons (Fsp3) is 0.542. The van der Waals surface area contributed by atoms with Gasteiger partial charge in [-0.25, -0.2) is 14.4 Å². The number of likely N-dealkylation sites (tertiary alicyclic amines) is 2. The zero-order chi connectivity index (χ0) is 25.2. The van der Waals surface area contributed by atoms with Crippen molar-refractivity contribution in [2.45, 2.75) is 57.5 Å². The number of hydrogen-bond acceptors (Lipinski definition) is 6. The minimum Gasteiger partial charge on any atom is -0.393 e. The van der Waals surface area contributed by atoms with Crippen LogP contribution < -0.4 is 5.32 Å². The van der Waals surface area contributed by atoms with Crippen LogP contribution in [0.4, 0.5) is 23.4 Å². The molecule has 2 aliphatic rings. The lowest BCUT2D eigenvalue weighted by atomic mass is 9.98. The minimum absolute atomic E-state index is 0.0520. The van der Waals surface area contributed by atoms with Crippen molar-refractivity contribution >= 4 is 11.7 Å². The summed E-state index contributed by atoms with van der Waals surface area (Å²) in [6, 6.07) is 2.78. The second kappa shape index (κ2) is 10.4. The summed E-state index contributed by atoms with van der Waals surface area (Å²) in [5, 5.41) is 12.6. The molecule has 2 aromatic rings. The molecular weight excluding hydrogens is 466 g/mol. The average Bonchev–Trinajstić information content (AvgIpc) is 2.83. The van der Waals surface area contributed by atoms with Crippen LogP contribution in [0.25, 0.3) is 0 Å². The van der Waals surface area contributed by atoms with Crippen molar-refractivity contribution in [3.8, 4) is 0 Å². The molecule has 1 amide bonds. The van der Waals surface area contributed by atoms with Crippen LogP contribution in [0.1, 0.15) is 52.9 Å². The number of aliphatic hydroxyl groups excluding tert-OH is 1. The first-order chi connectivity index (χ1) is 16.6. The average molecular weight is 496 g/mol. The summed E-state index contributed by atoms with van der Waals surface area (Å²) in [6.07, 6.45) is -0.314. The Balaban J connectivity index is 1.37. The number of nitrogens with zero attached hydrogens (tertiary/aromatic N) is 4. The normalized spacial score (nSPS) is 18.6. The van der Waals surface area contributed by atoms with Gasteiger partial charge in [-0.05, 0) is 44.7 Å². The Labute approximate surface area is 201 Å². The van der Waals surface area contributed by atoms with Crippen molar-refractivity contribution in [3.05, 3.63) is 52.7 Å². The molecule has 2 saturated heterocycles. The van der Waals surface area contributed by atoms with E-state index in [1.54, 1.807) is 11.8 Å². The molecule has 0 bridgehead atoms. The highest BCUT2D eigenvalue weighted by molar-refractivity contribution is 5.94. The first-order valence-electron chi connectivity index (χ1n) is 11.8. The molecule has 11 heteroatoms. The molecule has 2 N–H and O–H groups in total. The van der Waals surface area contributed by atoms with Gasteiger partial charge in [-0.2, -0.15) is 13.2 Å². The summed E-state index contributed by atoms with van der Waals surface area (Å²) < 4.78 is 52.5. The summed E-state index contributed by atoms with van der Waals surface area (Å²) >= 11 is 0. The van der Waals surface area contributed by atoms with Gasteiger partial charge in [0.25, 0.3) is 5.91 Å². The summed E-state index contributed by atoms with van der Waals surface area (Å²) in [5.41, 5.74) is -0.255. The number of nitrogens with one attached hydrogen (secondary N) is 1. The Kier molecular flexibility index (Phi) is 7.56. The number of carbonyl (C=O) groups is 1. The Morgan fingerprint density at radius 1 is 1.11 bits per heavy atom. The third-order valence-electron chi connectivity index (χ3n) is 6.88. The van der Waals surface area contributed by atoms with E-state index in [4.69, 9.17) is 0 Å². The van der Waals surface area contributed by atoms with Crippen LogP contribution in [0.15, 0.2) is 24.5 Å². The van der Waals surface area contributed by atoms with Crippen molar-refractivity contribution < 1.29 is 27.5 Å². The molecule has 190 valence electrons. The van der Waals surface area contributed by atoms with Crippen LogP contribution in [0.2, 0.25) is 0 Å². The number of rotatable bonds is 5. The summed E-state index contributed by atoms with van der Waals surface area (Å²) in [7, 11) is 0. The molecule has 0 radical (unpaired) electrons. The highest BCUT2D eigenvalue weighted by Gasteiger charge is 2.32. The lowest BCUT2D eigenvalue weighted by Crippen LogP contribution is -2.49. The number of benzene rings is 1. The first-order valence-corrected chi connectivity index (χ1v) is 11.8. The molecule has 0 atom stereocenters. The van der Waals surface area contributed by atoms with E-state index >= 15 is 0 Å². The molecule has 0 saturated carbocycles. The van der Waals surface area contributed by atoms with Crippen molar-refractivity contribution in [2.24, 2.45) is 0 Å². The van der Waals surface area contributed by atoms with Crippen LogP contribution >= 0.6 is 0 Å². The number of alkyl halides is 3. The number of anilines is 1. The number of aromatic nitrogens is 2. The first kappa shape index (κ1) is 25.3. The standard InChI is InChI=1S/C24H29F4N5O2/c1-15-21(23(35)33-8-4-18(5-9-33)32-10-6-19(34)7-11-32)30-14-31-22(15)29-13-16-2-3-17(12-20(16)25)24(26,27)28/h2-3,12,14,18-19,34H,4-11,13H2,1H3,(H,29,30,31). The highest BCUT2D eigenvalue weighted by atomic mass is 19.4. The fourth-order valence-corrected chi connectivity index (χ4v) is 4.72. The topological polar surface area (TPSA) is 81.6 Å². The summed E-state index contributed by atoms with van der Waals surface area (Å²) in [5.74, 6) is -0.855. The second-order valence-electron chi connectivity index (χ2n) is 9.14. The molecule has 4 rings (SSSR count). The van der Waals surface area contributed by atoms with E-state index in [1.165, 1.54) is 6.33 Å². The highest BCUT2D eigenvalue weighted by Crippen LogP contribution is 2.30. The predicted molar refractivity (Wildman–Crippen MR) is 121 cm³/mol. The van der Waals surface area contributed by atoms with Gasteiger partial charge in [0.05, 0.1) is 11.7 Å². The third-order valence-corrected chi connectivity index (χ3v) is 6.88. The molecule has 1 aromatic carbocycles. The van der Waals surface area contributed by atoms with Crippen LogP contribution in [0, 0.1) is 12.7 Å². The van der Waals surface area contributed by atoms with Gasteiger partial charge >= 0.3 is 6.18 Å². The van der Waals surface area contributed by atoms with E-state index in [-0.39, 0.29) is 29.8 Å². The maximum atomic E-state index is 14.2. The van der Waals surface area contributed by atoms with E-state index in [9.17, 15) is 27.5 Å². The van der Waals surface area contributed by atoms with Crippen molar-refractivity contribution in [1.29, 1.82) is 0 Å². The van der Waals surface area contributed by atoms with E-state index in [1.807, 2.05) is 0 Å². The monoisotopic (exact) mass is 495 g/mol. The molecule has 7 nitrogen and oxygen atoms in total. The van der Waals surface area contributed by atoms with E-state index < -0.39 is 17.6 Å². The molecule has 0 spiro atoms. The number of halogens is 4. The molecule has 0 aliphatic carbocycles. The van der Waals surface area contributed by atoms with Crippen LogP contribution in [-0.2, 0) is 12.7 Å². The smallest absolute Gasteiger partial charge is 0.393 e. The quantitative estimate of drug-likeness (QED) is 0.617. The maximum Gasteiger partial charge on any atom is 0.416 e. The lowest BCUT2D eigenvalue weighted by Gasteiger charge is -2.41. The Morgan fingerprint density at radius 3 is 2.43 bits per heavy atom. The van der Waals surface area contributed by atoms with Gasteiger partial charge in [0.15, 0.2) is 0 Å². The predicted octanol–water partition coefficient (Wildman–Crippen LogP) is 3.62. The lowest BCUT2D eigenvalue weighted by molar-refractivity contribution is -0.137. The minimum atomic E-state index is -4.62. The largest absolute Gasteiger partial charge is 0.416 e. The van der Waals surface area contributed by atoms with Crippen molar-refractivity contribution in [3.63, 3.8) is 0 Å². The Bertz CT molecular complexity index is 1050. The molecule has 2 fully saturated rings. The molecule has 35 heavy (non-hydrogen) atoms. The number of piperidine rings is 2. The molecule has 3 heterocycles. The number of amides is 1. The van der Waals surface area contributed by atoms with E-state index in [0.717, 1.165) is 50.9 Å². The van der Waals surface area contributed by atoms with Gasteiger partial charge in [0.2, 0.25) is 0 Å². The summed E-state index contributed by atoms with van der Waals surface area (Å²) in [4.78, 5) is 25.6. The number of aliphatic hydroxyl groups is 1. The summed E-state index contributed by atoms with van der Waals surface area (Å²) in [6.45, 7) is 4.55. The van der Waals surface area contributed by atoms with E-state index in [2.05, 4.69) is 20.2 Å². The van der Waals surface area contributed by atoms with Crippen molar-refractivity contribution in [1.82, 2.24) is 19.8 Å². The third kappa shape index (κ3) is 5.90. The zero-order valence-corrected chi connectivity index (χ0v) is 19.5. The molecular formula is C24H29F4N5O2. The Hall–Kier alpha value is -2.79. The fourth-order valence-electron chi connectivity index (χ4n) is 4.72. The second-order valence-corrected chi connectivity index (χ2v) is 9.14. The molecule has 1 aromatic heterocycles. The van der Waals surface area contributed by atoms with Crippen LogP contribution in [0.5, 0.6) is 0 Å². The number of hydrogen-bond donors (Lipinski definition) is 2. The van der Waals surface area contributed by atoms with Gasteiger partial charge in [-0.1, -0.05) is 6.07 Å². The van der Waals surface area contributed by atoms with Crippen molar-refractivity contribution in [2.75, 3.05) is 31.5 Å². The van der Waals surface area contributed by atoms with Crippen LogP contribution in [-0.4, -0.2) is 69.1 Å². The van der Waals surface area contributed by atoms with Gasteiger partial charge in [-0.15, -0.1) is 0 Å². The van der Waals surface area contributed by atoms with Gasteiger partial charge in [-0.3, -0.25) is 4.79 Å². The van der Waals surface area contributed by atoms with Gasteiger partial charge < -0.3 is 20.2 Å². The molecule has 2 aliphatic heterocycles. The van der Waals surface area contributed by atoms with Gasteiger partial charge in [0.1, 0.15) is 23.7 Å². The van der Waals surface area contributed by atoms with Gasteiger partial charge in [0, 0.05) is 49.9 Å². The van der Waals surface area contributed by atoms with E-state index in [0.29, 0.717) is 36.6 Å². The Morgan fingerprint density at radius 2 is 1.80 bits per heavy atom.